The Bertz CT molecular complexity index is 439. The van der Waals surface area contributed by atoms with E-state index < -0.39 is 5.60 Å². The first-order chi connectivity index (χ1) is 9.35. The Morgan fingerprint density at radius 3 is 2.90 bits per heavy atom. The molecule has 1 aromatic rings. The Balaban J connectivity index is 1.82. The summed E-state index contributed by atoms with van der Waals surface area (Å²) >= 11 is 1.79. The topological polar surface area (TPSA) is 41.6 Å². The number of hydrogen-bond acceptors (Lipinski definition) is 4. The van der Waals surface area contributed by atoms with E-state index in [2.05, 4.69) is 34.7 Å². The number of carbonyl (C=O) groups excluding carboxylic acids is 1. The van der Waals surface area contributed by atoms with Crippen molar-refractivity contribution in [1.82, 2.24) is 10.2 Å². The number of thiophene rings is 1. The van der Waals surface area contributed by atoms with E-state index in [4.69, 9.17) is 4.74 Å². The van der Waals surface area contributed by atoms with Gasteiger partial charge in [-0.2, -0.15) is 0 Å². The highest BCUT2D eigenvalue weighted by molar-refractivity contribution is 7.10. The van der Waals surface area contributed by atoms with Crippen LogP contribution in [-0.2, 0) is 4.74 Å². The van der Waals surface area contributed by atoms with E-state index in [1.165, 1.54) is 4.88 Å². The third-order valence-corrected chi connectivity index (χ3v) is 4.49. The fraction of sp³-hybridized carbons (Fsp3) is 0.667. The summed E-state index contributed by atoms with van der Waals surface area (Å²) < 4.78 is 5.30. The van der Waals surface area contributed by atoms with Crippen molar-refractivity contribution in [2.24, 2.45) is 0 Å². The number of amides is 1. The molecule has 0 saturated carbocycles. The second kappa shape index (κ2) is 6.14. The second-order valence-electron chi connectivity index (χ2n) is 6.32. The van der Waals surface area contributed by atoms with Gasteiger partial charge >= 0.3 is 6.09 Å². The predicted octanol–water partition coefficient (Wildman–Crippen LogP) is 3.41. The standard InChI is InChI=1S/C15H24N2O2S/c1-11(13-6-5-9-20-13)17-8-7-12(10-17)16-14(18)19-15(2,3)4/h5-6,9,11-12H,7-8,10H2,1-4H3,(H,16,18)/t11-,12-/m1/s1. The third-order valence-electron chi connectivity index (χ3n) is 3.44. The van der Waals surface area contributed by atoms with Crippen molar-refractivity contribution in [3.63, 3.8) is 0 Å². The molecule has 0 bridgehead atoms. The lowest BCUT2D eigenvalue weighted by Crippen LogP contribution is -2.40. The summed E-state index contributed by atoms with van der Waals surface area (Å²) in [6.07, 6.45) is 0.669. The van der Waals surface area contributed by atoms with Crippen molar-refractivity contribution in [3.8, 4) is 0 Å². The molecular weight excluding hydrogens is 272 g/mol. The van der Waals surface area contributed by atoms with Gasteiger partial charge in [0.25, 0.3) is 0 Å². The molecule has 0 aliphatic carbocycles. The fourth-order valence-electron chi connectivity index (χ4n) is 2.44. The summed E-state index contributed by atoms with van der Waals surface area (Å²) in [5.74, 6) is 0. The van der Waals surface area contributed by atoms with Gasteiger partial charge in [0.2, 0.25) is 0 Å². The van der Waals surface area contributed by atoms with Crippen LogP contribution in [-0.4, -0.2) is 35.7 Å². The van der Waals surface area contributed by atoms with Crippen LogP contribution in [0.15, 0.2) is 17.5 Å². The molecule has 1 N–H and O–H groups in total. The molecule has 1 aliphatic heterocycles. The van der Waals surface area contributed by atoms with Gasteiger partial charge in [-0.05, 0) is 45.6 Å². The van der Waals surface area contributed by atoms with Gasteiger partial charge in [-0.15, -0.1) is 11.3 Å². The van der Waals surface area contributed by atoms with Crippen molar-refractivity contribution in [1.29, 1.82) is 0 Å². The van der Waals surface area contributed by atoms with Crippen LogP contribution in [0.2, 0.25) is 0 Å². The maximum Gasteiger partial charge on any atom is 0.407 e. The summed E-state index contributed by atoms with van der Waals surface area (Å²) in [6, 6.07) is 4.86. The molecule has 2 atom stereocenters. The number of nitrogens with zero attached hydrogens (tertiary/aromatic N) is 1. The van der Waals surface area contributed by atoms with Crippen LogP contribution >= 0.6 is 11.3 Å². The Kier molecular flexibility index (Phi) is 4.70. The molecule has 0 unspecified atom stereocenters. The molecule has 2 rings (SSSR count). The van der Waals surface area contributed by atoms with Gasteiger partial charge in [0.15, 0.2) is 0 Å². The van der Waals surface area contributed by atoms with E-state index in [0.29, 0.717) is 6.04 Å². The highest BCUT2D eigenvalue weighted by atomic mass is 32.1. The van der Waals surface area contributed by atoms with E-state index in [1.807, 2.05) is 20.8 Å². The molecule has 0 aromatic carbocycles. The van der Waals surface area contributed by atoms with Crippen LogP contribution in [0.3, 0.4) is 0 Å². The average molecular weight is 296 g/mol. The quantitative estimate of drug-likeness (QED) is 0.929. The number of alkyl carbamates (subject to hydrolysis) is 1. The van der Waals surface area contributed by atoms with Crippen LogP contribution in [0.5, 0.6) is 0 Å². The highest BCUT2D eigenvalue weighted by Gasteiger charge is 2.29. The van der Waals surface area contributed by atoms with E-state index in [0.717, 1.165) is 19.5 Å². The number of likely N-dealkylation sites (tertiary alicyclic amines) is 1. The lowest BCUT2D eigenvalue weighted by atomic mass is 10.2. The molecule has 20 heavy (non-hydrogen) atoms. The second-order valence-corrected chi connectivity index (χ2v) is 7.30. The molecule has 0 radical (unpaired) electrons. The van der Waals surface area contributed by atoms with E-state index in [1.54, 1.807) is 11.3 Å². The molecule has 4 nitrogen and oxygen atoms in total. The number of nitrogens with one attached hydrogen (secondary N) is 1. The Morgan fingerprint density at radius 2 is 2.30 bits per heavy atom. The van der Waals surface area contributed by atoms with Crippen LogP contribution in [0.1, 0.15) is 45.0 Å². The molecule has 1 fully saturated rings. The van der Waals surface area contributed by atoms with Gasteiger partial charge in [-0.3, -0.25) is 4.90 Å². The van der Waals surface area contributed by atoms with Crippen LogP contribution in [0.25, 0.3) is 0 Å². The first kappa shape index (κ1) is 15.3. The van der Waals surface area contributed by atoms with Gasteiger partial charge in [-0.25, -0.2) is 4.79 Å². The molecular formula is C15H24N2O2S. The maximum absolute atomic E-state index is 11.8. The van der Waals surface area contributed by atoms with Gasteiger partial charge in [0.1, 0.15) is 5.60 Å². The zero-order chi connectivity index (χ0) is 14.8. The Hall–Kier alpha value is -1.07. The minimum atomic E-state index is -0.438. The summed E-state index contributed by atoms with van der Waals surface area (Å²) in [4.78, 5) is 15.6. The molecule has 1 aliphatic rings. The van der Waals surface area contributed by atoms with Crippen molar-refractivity contribution in [2.75, 3.05) is 13.1 Å². The van der Waals surface area contributed by atoms with Crippen molar-refractivity contribution < 1.29 is 9.53 Å². The number of hydrogen-bond donors (Lipinski definition) is 1. The van der Waals surface area contributed by atoms with Gasteiger partial charge in [-0.1, -0.05) is 6.07 Å². The van der Waals surface area contributed by atoms with E-state index >= 15 is 0 Å². The zero-order valence-electron chi connectivity index (χ0n) is 12.7. The molecule has 2 heterocycles. The molecule has 1 aromatic heterocycles. The molecule has 5 heteroatoms. The van der Waals surface area contributed by atoms with Crippen molar-refractivity contribution in [2.45, 2.75) is 51.8 Å². The van der Waals surface area contributed by atoms with Crippen LogP contribution in [0.4, 0.5) is 4.79 Å². The SMILES string of the molecule is C[C@H](c1cccs1)N1CC[C@@H](NC(=O)OC(C)(C)C)C1. The summed E-state index contributed by atoms with van der Waals surface area (Å²) in [5, 5.41) is 5.08. The molecule has 1 amide bonds. The van der Waals surface area contributed by atoms with Gasteiger partial charge in [0, 0.05) is 30.1 Å². The third kappa shape index (κ3) is 4.21. The van der Waals surface area contributed by atoms with Gasteiger partial charge in [0.05, 0.1) is 0 Å². The van der Waals surface area contributed by atoms with Crippen molar-refractivity contribution in [3.05, 3.63) is 22.4 Å². The largest absolute Gasteiger partial charge is 0.444 e. The maximum atomic E-state index is 11.8. The first-order valence-electron chi connectivity index (χ1n) is 7.12. The van der Waals surface area contributed by atoms with E-state index in [-0.39, 0.29) is 12.1 Å². The van der Waals surface area contributed by atoms with Crippen molar-refractivity contribution >= 4 is 17.4 Å². The molecule has 112 valence electrons. The summed E-state index contributed by atoms with van der Waals surface area (Å²) in [6.45, 7) is 9.77. The van der Waals surface area contributed by atoms with Gasteiger partial charge < -0.3 is 10.1 Å². The predicted molar refractivity (Wildman–Crippen MR) is 82.1 cm³/mol. The Morgan fingerprint density at radius 1 is 1.55 bits per heavy atom. The number of rotatable bonds is 3. The lowest BCUT2D eigenvalue weighted by Gasteiger charge is -2.24. The number of ether oxygens (including phenoxy) is 1. The lowest BCUT2D eigenvalue weighted by molar-refractivity contribution is 0.0504. The smallest absolute Gasteiger partial charge is 0.407 e. The monoisotopic (exact) mass is 296 g/mol. The van der Waals surface area contributed by atoms with Crippen LogP contribution < -0.4 is 5.32 Å². The summed E-state index contributed by atoms with van der Waals surface area (Å²) in [7, 11) is 0. The average Bonchev–Trinajstić information content (AvgIpc) is 2.95. The minimum absolute atomic E-state index is 0.187. The first-order valence-corrected chi connectivity index (χ1v) is 8.00. The fourth-order valence-corrected chi connectivity index (χ4v) is 3.26. The van der Waals surface area contributed by atoms with Crippen LogP contribution in [0, 0.1) is 0 Å². The number of carbonyl (C=O) groups is 1. The molecule has 1 saturated heterocycles. The Labute approximate surface area is 125 Å². The highest BCUT2D eigenvalue weighted by Crippen LogP contribution is 2.27. The van der Waals surface area contributed by atoms with E-state index in [9.17, 15) is 4.79 Å². The molecule has 0 spiro atoms. The summed E-state index contributed by atoms with van der Waals surface area (Å²) in [5.41, 5.74) is -0.438. The zero-order valence-corrected chi connectivity index (χ0v) is 13.5. The normalized spacial score (nSPS) is 21.7. The minimum Gasteiger partial charge on any atom is -0.444 e.